The Morgan fingerprint density at radius 3 is 2.73 bits per heavy atom. The summed E-state index contributed by atoms with van der Waals surface area (Å²) >= 11 is 1.66. The zero-order chi connectivity index (χ0) is 17.9. The number of fused-ring (bicyclic) bond motifs is 1. The first-order chi connectivity index (χ1) is 12.7. The molecule has 4 nitrogen and oxygen atoms in total. The number of hydrazine groups is 1. The van der Waals surface area contributed by atoms with Crippen molar-refractivity contribution in [2.75, 3.05) is 11.6 Å². The van der Waals surface area contributed by atoms with Gasteiger partial charge in [-0.15, -0.1) is 11.8 Å². The molecule has 0 bridgehead atoms. The molecule has 5 heteroatoms. The minimum atomic E-state index is -0.267. The molecule has 26 heavy (non-hydrogen) atoms. The van der Waals surface area contributed by atoms with E-state index >= 15 is 0 Å². The van der Waals surface area contributed by atoms with E-state index in [1.54, 1.807) is 11.8 Å². The number of rotatable bonds is 4. The van der Waals surface area contributed by atoms with Crippen molar-refractivity contribution < 1.29 is 4.79 Å². The zero-order valence-electron chi connectivity index (χ0n) is 14.5. The fourth-order valence-corrected chi connectivity index (χ4v) is 3.88. The van der Waals surface area contributed by atoms with Crippen molar-refractivity contribution in [1.82, 2.24) is 10.9 Å². The van der Waals surface area contributed by atoms with Gasteiger partial charge >= 0.3 is 0 Å². The molecule has 1 amide bonds. The molecule has 2 atom stereocenters. The van der Waals surface area contributed by atoms with E-state index < -0.39 is 0 Å². The molecule has 0 saturated carbocycles. The van der Waals surface area contributed by atoms with E-state index in [-0.39, 0.29) is 18.0 Å². The van der Waals surface area contributed by atoms with Gasteiger partial charge in [-0.3, -0.25) is 4.79 Å². The van der Waals surface area contributed by atoms with Crippen LogP contribution >= 0.6 is 11.8 Å². The Hall–Kier alpha value is -2.34. The number of carbonyl (C=O) groups is 1. The van der Waals surface area contributed by atoms with Crippen LogP contribution in [0.3, 0.4) is 0 Å². The van der Waals surface area contributed by atoms with E-state index in [0.717, 1.165) is 10.6 Å². The highest BCUT2D eigenvalue weighted by atomic mass is 32.2. The quantitative estimate of drug-likeness (QED) is 0.611. The van der Waals surface area contributed by atoms with Crippen LogP contribution in [0.15, 0.2) is 71.6 Å². The molecule has 2 unspecified atom stereocenters. The first kappa shape index (κ1) is 17.1. The van der Waals surface area contributed by atoms with Crippen LogP contribution in [-0.4, -0.2) is 18.2 Å². The van der Waals surface area contributed by atoms with Gasteiger partial charge in [-0.25, -0.2) is 10.9 Å². The molecule has 1 saturated heterocycles. The van der Waals surface area contributed by atoms with E-state index in [2.05, 4.69) is 52.6 Å². The van der Waals surface area contributed by atoms with Gasteiger partial charge in [0.15, 0.2) is 0 Å². The van der Waals surface area contributed by atoms with E-state index in [1.807, 2.05) is 36.6 Å². The average molecular weight is 363 g/mol. The first-order valence-corrected chi connectivity index (χ1v) is 9.91. The Balaban J connectivity index is 1.48. The molecule has 132 valence electrons. The molecular formula is C21H21N3OS. The molecule has 0 radical (unpaired) electrons. The monoisotopic (exact) mass is 363 g/mol. The SMILES string of the molecule is CSc1cccc(NC(=O)C2CC(c3cccc4ccccc34)NN2)c1. The molecule has 3 aromatic rings. The minimum absolute atomic E-state index is 0.0153. The van der Waals surface area contributed by atoms with Crippen LogP contribution in [0.1, 0.15) is 18.0 Å². The highest BCUT2D eigenvalue weighted by molar-refractivity contribution is 7.98. The second-order valence-electron chi connectivity index (χ2n) is 6.42. The molecule has 0 aromatic heterocycles. The summed E-state index contributed by atoms with van der Waals surface area (Å²) in [5.74, 6) is -0.0153. The van der Waals surface area contributed by atoms with Crippen molar-refractivity contribution in [2.24, 2.45) is 0 Å². The van der Waals surface area contributed by atoms with Crippen molar-refractivity contribution in [3.8, 4) is 0 Å². The van der Waals surface area contributed by atoms with E-state index in [4.69, 9.17) is 0 Å². The highest BCUT2D eigenvalue weighted by Crippen LogP contribution is 2.29. The predicted molar refractivity (Wildman–Crippen MR) is 108 cm³/mol. The Morgan fingerprint density at radius 1 is 1.04 bits per heavy atom. The smallest absolute Gasteiger partial charge is 0.242 e. The van der Waals surface area contributed by atoms with Gasteiger partial charge in [-0.1, -0.05) is 48.5 Å². The molecular weight excluding hydrogens is 342 g/mol. The maximum absolute atomic E-state index is 12.6. The van der Waals surface area contributed by atoms with Crippen molar-refractivity contribution in [2.45, 2.75) is 23.4 Å². The number of amides is 1. The average Bonchev–Trinajstić information content (AvgIpc) is 3.18. The number of benzene rings is 3. The van der Waals surface area contributed by atoms with E-state index in [9.17, 15) is 4.79 Å². The molecule has 3 aromatic carbocycles. The number of hydrogen-bond acceptors (Lipinski definition) is 4. The Labute approximate surface area is 157 Å². The number of thioether (sulfide) groups is 1. The van der Waals surface area contributed by atoms with Crippen LogP contribution in [-0.2, 0) is 4.79 Å². The lowest BCUT2D eigenvalue weighted by Gasteiger charge is -2.13. The molecule has 1 aliphatic heterocycles. The van der Waals surface area contributed by atoms with E-state index in [0.29, 0.717) is 6.42 Å². The standard InChI is InChI=1S/C21H21N3OS/c1-26-16-9-5-8-15(12-16)22-21(25)20-13-19(23-24-20)18-11-4-7-14-6-2-3-10-17(14)18/h2-12,19-20,23-24H,13H2,1H3,(H,22,25). The maximum Gasteiger partial charge on any atom is 0.242 e. The lowest BCUT2D eigenvalue weighted by molar-refractivity contribution is -0.117. The zero-order valence-corrected chi connectivity index (χ0v) is 15.3. The summed E-state index contributed by atoms with van der Waals surface area (Å²) in [5, 5.41) is 5.45. The fraction of sp³-hybridized carbons (Fsp3) is 0.190. The predicted octanol–water partition coefficient (Wildman–Crippen LogP) is 4.11. The second kappa shape index (κ2) is 7.50. The van der Waals surface area contributed by atoms with Crippen LogP contribution in [0.5, 0.6) is 0 Å². The van der Waals surface area contributed by atoms with Gasteiger partial charge in [0.1, 0.15) is 6.04 Å². The number of nitrogens with one attached hydrogen (secondary N) is 3. The third-order valence-corrected chi connectivity index (χ3v) is 5.48. The van der Waals surface area contributed by atoms with Gasteiger partial charge in [-0.2, -0.15) is 0 Å². The van der Waals surface area contributed by atoms with Crippen LogP contribution in [0.2, 0.25) is 0 Å². The molecule has 4 rings (SSSR count). The van der Waals surface area contributed by atoms with Crippen LogP contribution in [0.25, 0.3) is 10.8 Å². The van der Waals surface area contributed by atoms with Gasteiger partial charge in [0, 0.05) is 16.6 Å². The number of anilines is 1. The largest absolute Gasteiger partial charge is 0.325 e. The van der Waals surface area contributed by atoms with Gasteiger partial charge in [-0.05, 0) is 47.2 Å². The third-order valence-electron chi connectivity index (χ3n) is 4.76. The summed E-state index contributed by atoms with van der Waals surface area (Å²) in [6, 6.07) is 22.4. The summed E-state index contributed by atoms with van der Waals surface area (Å²) in [5.41, 5.74) is 8.49. The van der Waals surface area contributed by atoms with Crippen LogP contribution < -0.4 is 16.2 Å². The van der Waals surface area contributed by atoms with Gasteiger partial charge in [0.25, 0.3) is 0 Å². The molecule has 0 spiro atoms. The van der Waals surface area contributed by atoms with Gasteiger partial charge < -0.3 is 5.32 Å². The third kappa shape index (κ3) is 3.46. The van der Waals surface area contributed by atoms with Crippen LogP contribution in [0, 0.1) is 0 Å². The Kier molecular flexibility index (Phi) is 4.93. The second-order valence-corrected chi connectivity index (χ2v) is 7.30. The molecule has 1 aliphatic rings. The lowest BCUT2D eigenvalue weighted by Crippen LogP contribution is -2.39. The Morgan fingerprint density at radius 2 is 1.85 bits per heavy atom. The summed E-state index contributed by atoms with van der Waals surface area (Å²) < 4.78 is 0. The normalized spacial score (nSPS) is 19.6. The number of carbonyl (C=O) groups excluding carboxylic acids is 1. The molecule has 1 fully saturated rings. The van der Waals surface area contributed by atoms with Crippen molar-refractivity contribution >= 4 is 34.1 Å². The van der Waals surface area contributed by atoms with Gasteiger partial charge in [0.2, 0.25) is 5.91 Å². The molecule has 0 aliphatic carbocycles. The lowest BCUT2D eigenvalue weighted by atomic mass is 9.96. The summed E-state index contributed by atoms with van der Waals surface area (Å²) in [7, 11) is 0. The first-order valence-electron chi connectivity index (χ1n) is 8.68. The van der Waals surface area contributed by atoms with Crippen molar-refractivity contribution in [1.29, 1.82) is 0 Å². The fourth-order valence-electron chi connectivity index (χ4n) is 3.42. The van der Waals surface area contributed by atoms with Crippen molar-refractivity contribution in [3.63, 3.8) is 0 Å². The Bertz CT molecular complexity index is 938. The maximum atomic E-state index is 12.6. The summed E-state index contributed by atoms with van der Waals surface area (Å²) in [4.78, 5) is 13.8. The summed E-state index contributed by atoms with van der Waals surface area (Å²) in [6.07, 6.45) is 2.74. The molecule has 3 N–H and O–H groups in total. The molecule has 1 heterocycles. The highest BCUT2D eigenvalue weighted by Gasteiger charge is 2.30. The number of hydrogen-bond donors (Lipinski definition) is 3. The summed E-state index contributed by atoms with van der Waals surface area (Å²) in [6.45, 7) is 0. The topological polar surface area (TPSA) is 53.2 Å². The minimum Gasteiger partial charge on any atom is -0.325 e. The van der Waals surface area contributed by atoms with Gasteiger partial charge in [0.05, 0.1) is 0 Å². The van der Waals surface area contributed by atoms with Crippen molar-refractivity contribution in [3.05, 3.63) is 72.3 Å². The van der Waals surface area contributed by atoms with E-state index in [1.165, 1.54) is 16.3 Å². The van der Waals surface area contributed by atoms with Crippen LogP contribution in [0.4, 0.5) is 5.69 Å².